The Morgan fingerprint density at radius 2 is 1.72 bits per heavy atom. The highest BCUT2D eigenvalue weighted by atomic mass is 16.2. The molecule has 3 rings (SSSR count). The van der Waals surface area contributed by atoms with Gasteiger partial charge in [-0.2, -0.15) is 0 Å². The van der Waals surface area contributed by atoms with Crippen LogP contribution in [-0.4, -0.2) is 31.4 Å². The molecule has 0 aliphatic carbocycles. The first kappa shape index (κ1) is 20.9. The van der Waals surface area contributed by atoms with Crippen molar-refractivity contribution in [3.8, 4) is 0 Å². The number of hydrogen-bond acceptors (Lipinski definition) is 3. The van der Waals surface area contributed by atoms with Gasteiger partial charge in [-0.1, -0.05) is 44.2 Å². The van der Waals surface area contributed by atoms with Gasteiger partial charge < -0.3 is 15.5 Å². The zero-order valence-corrected chi connectivity index (χ0v) is 17.4. The lowest BCUT2D eigenvalue weighted by Gasteiger charge is -2.30. The van der Waals surface area contributed by atoms with E-state index in [4.69, 9.17) is 0 Å². The van der Waals surface area contributed by atoms with Crippen molar-refractivity contribution >= 4 is 23.2 Å². The molecular formula is C24H31N3O2. The Hall–Kier alpha value is -2.82. The Kier molecular flexibility index (Phi) is 7.28. The van der Waals surface area contributed by atoms with Crippen LogP contribution >= 0.6 is 0 Å². The van der Waals surface area contributed by atoms with E-state index in [0.717, 1.165) is 38.0 Å². The zero-order chi connectivity index (χ0) is 20.6. The van der Waals surface area contributed by atoms with E-state index < -0.39 is 0 Å². The van der Waals surface area contributed by atoms with Crippen molar-refractivity contribution < 1.29 is 9.59 Å². The van der Waals surface area contributed by atoms with Crippen LogP contribution in [0.4, 0.5) is 11.4 Å². The highest BCUT2D eigenvalue weighted by Crippen LogP contribution is 2.27. The highest BCUT2D eigenvalue weighted by molar-refractivity contribution is 6.02. The van der Waals surface area contributed by atoms with Crippen LogP contribution in [0, 0.1) is 5.92 Å². The van der Waals surface area contributed by atoms with E-state index in [1.165, 1.54) is 12.0 Å². The summed E-state index contributed by atoms with van der Waals surface area (Å²) in [6.07, 6.45) is 4.30. The van der Waals surface area contributed by atoms with Crippen LogP contribution < -0.4 is 15.5 Å². The molecule has 1 aliphatic rings. The maximum absolute atomic E-state index is 13.0. The van der Waals surface area contributed by atoms with E-state index in [1.54, 1.807) is 0 Å². The van der Waals surface area contributed by atoms with Gasteiger partial charge in [0.2, 0.25) is 5.91 Å². The predicted octanol–water partition coefficient (Wildman–Crippen LogP) is 4.24. The molecule has 0 aromatic heterocycles. The lowest BCUT2D eigenvalue weighted by molar-refractivity contribution is -0.118. The molecule has 2 N–H and O–H groups in total. The summed E-state index contributed by atoms with van der Waals surface area (Å²) in [6, 6.07) is 15.8. The third-order valence-electron chi connectivity index (χ3n) is 5.27. The first-order valence-corrected chi connectivity index (χ1v) is 10.6. The van der Waals surface area contributed by atoms with Gasteiger partial charge in [0, 0.05) is 36.9 Å². The zero-order valence-electron chi connectivity index (χ0n) is 17.4. The average molecular weight is 394 g/mol. The number of piperidine rings is 1. The second-order valence-electron chi connectivity index (χ2n) is 7.92. The van der Waals surface area contributed by atoms with Gasteiger partial charge in [-0.15, -0.1) is 0 Å². The van der Waals surface area contributed by atoms with Gasteiger partial charge in [0.25, 0.3) is 5.91 Å². The number of carbonyl (C=O) groups excluding carboxylic acids is 2. The first-order valence-electron chi connectivity index (χ1n) is 10.6. The molecule has 1 heterocycles. The second-order valence-corrected chi connectivity index (χ2v) is 7.92. The van der Waals surface area contributed by atoms with Crippen LogP contribution in [0.2, 0.25) is 0 Å². The molecule has 1 saturated heterocycles. The number of nitrogens with zero attached hydrogens (tertiary/aromatic N) is 1. The molecule has 2 aromatic rings. The third-order valence-corrected chi connectivity index (χ3v) is 5.27. The molecule has 0 radical (unpaired) electrons. The topological polar surface area (TPSA) is 61.4 Å². The number of nitrogens with one attached hydrogen (secondary N) is 2. The number of amides is 2. The lowest BCUT2D eigenvalue weighted by Crippen LogP contribution is -2.33. The van der Waals surface area contributed by atoms with E-state index in [0.29, 0.717) is 17.8 Å². The summed E-state index contributed by atoms with van der Waals surface area (Å²) in [5.41, 5.74) is 3.44. The van der Waals surface area contributed by atoms with Crippen molar-refractivity contribution in [1.82, 2.24) is 5.32 Å². The van der Waals surface area contributed by atoms with Crippen molar-refractivity contribution in [2.24, 2.45) is 5.92 Å². The molecule has 0 atom stereocenters. The third kappa shape index (κ3) is 5.83. The maximum atomic E-state index is 13.0. The Bertz CT molecular complexity index is 827. The van der Waals surface area contributed by atoms with Gasteiger partial charge in [0.05, 0.1) is 5.56 Å². The molecule has 5 heteroatoms. The van der Waals surface area contributed by atoms with Gasteiger partial charge >= 0.3 is 0 Å². The Morgan fingerprint density at radius 3 is 2.41 bits per heavy atom. The van der Waals surface area contributed by atoms with Gasteiger partial charge in [0.15, 0.2) is 0 Å². The van der Waals surface area contributed by atoms with Gasteiger partial charge in [-0.25, -0.2) is 0 Å². The van der Waals surface area contributed by atoms with E-state index >= 15 is 0 Å². The molecule has 0 spiro atoms. The largest absolute Gasteiger partial charge is 0.371 e. The Balaban J connectivity index is 1.76. The average Bonchev–Trinajstić information content (AvgIpc) is 2.75. The summed E-state index contributed by atoms with van der Waals surface area (Å²) in [5, 5.41) is 5.96. The molecule has 0 bridgehead atoms. The Morgan fingerprint density at radius 1 is 1.00 bits per heavy atom. The van der Waals surface area contributed by atoms with Crippen molar-refractivity contribution in [2.75, 3.05) is 29.9 Å². The van der Waals surface area contributed by atoms with Crippen LogP contribution in [-0.2, 0) is 11.2 Å². The molecule has 1 fully saturated rings. The fourth-order valence-electron chi connectivity index (χ4n) is 3.55. The molecule has 2 aromatic carbocycles. The second kappa shape index (κ2) is 10.1. The van der Waals surface area contributed by atoms with Crippen LogP contribution in [0.25, 0.3) is 0 Å². The molecule has 1 aliphatic heterocycles. The molecule has 29 heavy (non-hydrogen) atoms. The van der Waals surface area contributed by atoms with E-state index in [9.17, 15) is 9.59 Å². The summed E-state index contributed by atoms with van der Waals surface area (Å²) < 4.78 is 0. The van der Waals surface area contributed by atoms with Crippen molar-refractivity contribution in [3.63, 3.8) is 0 Å². The SMILES string of the molecule is CC(C)C(=O)Nc1ccc(N2CCCCC2)c(C(=O)NCCc2ccccc2)c1. The molecule has 5 nitrogen and oxygen atoms in total. The molecule has 154 valence electrons. The number of hydrogen-bond donors (Lipinski definition) is 2. The minimum Gasteiger partial charge on any atom is -0.371 e. The number of benzene rings is 2. The summed E-state index contributed by atoms with van der Waals surface area (Å²) in [4.78, 5) is 27.4. The van der Waals surface area contributed by atoms with Crippen LogP contribution in [0.3, 0.4) is 0 Å². The van der Waals surface area contributed by atoms with E-state index in [-0.39, 0.29) is 17.7 Å². The number of anilines is 2. The van der Waals surface area contributed by atoms with E-state index in [2.05, 4.69) is 27.7 Å². The summed E-state index contributed by atoms with van der Waals surface area (Å²) >= 11 is 0. The fourth-order valence-corrected chi connectivity index (χ4v) is 3.55. The van der Waals surface area contributed by atoms with Crippen molar-refractivity contribution in [2.45, 2.75) is 39.5 Å². The molecule has 2 amide bonds. The number of carbonyl (C=O) groups is 2. The summed E-state index contributed by atoms with van der Waals surface area (Å²) in [5.74, 6) is -0.256. The van der Waals surface area contributed by atoms with Crippen LogP contribution in [0.5, 0.6) is 0 Å². The number of rotatable bonds is 7. The normalized spacial score (nSPS) is 14.0. The predicted molar refractivity (Wildman–Crippen MR) is 118 cm³/mol. The smallest absolute Gasteiger partial charge is 0.253 e. The van der Waals surface area contributed by atoms with Gasteiger partial charge in [-0.3, -0.25) is 9.59 Å². The fraction of sp³-hybridized carbons (Fsp3) is 0.417. The van der Waals surface area contributed by atoms with Gasteiger partial charge in [-0.05, 0) is 49.4 Å². The molecule has 0 saturated carbocycles. The van der Waals surface area contributed by atoms with Crippen molar-refractivity contribution in [1.29, 1.82) is 0 Å². The monoisotopic (exact) mass is 393 g/mol. The van der Waals surface area contributed by atoms with E-state index in [1.807, 2.05) is 50.2 Å². The standard InChI is InChI=1S/C24H31N3O2/c1-18(2)23(28)26-20-11-12-22(27-15-7-4-8-16-27)21(17-20)24(29)25-14-13-19-9-5-3-6-10-19/h3,5-6,9-12,17-18H,4,7-8,13-16H2,1-2H3,(H,25,29)(H,26,28). The summed E-state index contributed by atoms with van der Waals surface area (Å²) in [6.45, 7) is 6.21. The first-order chi connectivity index (χ1) is 14.0. The Labute approximate surface area is 173 Å². The highest BCUT2D eigenvalue weighted by Gasteiger charge is 2.20. The minimum absolute atomic E-state index is 0.0499. The molecule has 0 unspecified atom stereocenters. The van der Waals surface area contributed by atoms with Crippen LogP contribution in [0.15, 0.2) is 48.5 Å². The molecular weight excluding hydrogens is 362 g/mol. The minimum atomic E-state index is -0.111. The van der Waals surface area contributed by atoms with Gasteiger partial charge in [0.1, 0.15) is 0 Å². The van der Waals surface area contributed by atoms with Crippen LogP contribution in [0.1, 0.15) is 49.0 Å². The quantitative estimate of drug-likeness (QED) is 0.739. The van der Waals surface area contributed by atoms with Crippen molar-refractivity contribution in [3.05, 3.63) is 59.7 Å². The maximum Gasteiger partial charge on any atom is 0.253 e. The summed E-state index contributed by atoms with van der Waals surface area (Å²) in [7, 11) is 0. The lowest BCUT2D eigenvalue weighted by atomic mass is 10.1.